The Morgan fingerprint density at radius 1 is 0.844 bits per heavy atom. The number of hydrogen-bond donors (Lipinski definition) is 6. The van der Waals surface area contributed by atoms with Gasteiger partial charge in [-0.05, 0) is 66.0 Å². The second-order valence-electron chi connectivity index (χ2n) is 6.95. The molecule has 6 N–H and O–H groups in total. The average Bonchev–Trinajstić information content (AvgIpc) is 2.71. The summed E-state index contributed by atoms with van der Waals surface area (Å²) in [7, 11) is 0. The largest absolute Gasteiger partial charge is 0.481 e. The number of benzene rings is 1. The van der Waals surface area contributed by atoms with Crippen LogP contribution in [0.25, 0.3) is 0 Å². The van der Waals surface area contributed by atoms with Gasteiger partial charge in [-0.25, -0.2) is 14.4 Å². The van der Waals surface area contributed by atoms with E-state index in [0.29, 0.717) is 13.0 Å². The summed E-state index contributed by atoms with van der Waals surface area (Å²) in [6, 6.07) is 4.00. The third-order valence-corrected chi connectivity index (χ3v) is 5.12. The molecular formula is C20H26IN3O8. The molecule has 0 radical (unpaired) electrons. The van der Waals surface area contributed by atoms with Gasteiger partial charge in [0, 0.05) is 23.0 Å². The summed E-state index contributed by atoms with van der Waals surface area (Å²) in [5.74, 6) is -4.21. The van der Waals surface area contributed by atoms with Crippen LogP contribution in [0.3, 0.4) is 0 Å². The highest BCUT2D eigenvalue weighted by Gasteiger charge is 2.25. The number of rotatable bonds is 14. The van der Waals surface area contributed by atoms with E-state index in [1.54, 1.807) is 0 Å². The molecule has 0 saturated heterocycles. The van der Waals surface area contributed by atoms with Gasteiger partial charge in [0.05, 0.1) is 0 Å². The molecule has 0 heterocycles. The van der Waals surface area contributed by atoms with E-state index >= 15 is 0 Å². The molecule has 0 unspecified atom stereocenters. The Bertz CT molecular complexity index is 816. The van der Waals surface area contributed by atoms with Crippen molar-refractivity contribution in [3.05, 3.63) is 33.4 Å². The first-order valence-corrected chi connectivity index (χ1v) is 10.9. The van der Waals surface area contributed by atoms with E-state index in [-0.39, 0.29) is 38.0 Å². The predicted molar refractivity (Wildman–Crippen MR) is 121 cm³/mol. The lowest BCUT2D eigenvalue weighted by Gasteiger charge is -2.18. The van der Waals surface area contributed by atoms with Gasteiger partial charge < -0.3 is 31.3 Å². The van der Waals surface area contributed by atoms with E-state index in [1.165, 1.54) is 0 Å². The molecule has 0 spiro atoms. The first-order valence-electron chi connectivity index (χ1n) is 9.84. The number of carboxylic acid groups (broad SMARTS) is 3. The summed E-state index contributed by atoms with van der Waals surface area (Å²) >= 11 is 2.19. The van der Waals surface area contributed by atoms with Crippen molar-refractivity contribution >= 4 is 52.4 Å². The lowest BCUT2D eigenvalue weighted by atomic mass is 10.1. The van der Waals surface area contributed by atoms with Crippen LogP contribution in [0.5, 0.6) is 0 Å². The van der Waals surface area contributed by atoms with E-state index in [0.717, 1.165) is 9.13 Å². The Balaban J connectivity index is 2.43. The number of carboxylic acids is 3. The topological polar surface area (TPSA) is 182 Å². The SMILES string of the molecule is O=C(O)CCC[C@H](NC(=O)N[C@@H](CCC(=O)NCCc1ccc(I)cc1)C(=O)O)C(=O)O. The molecule has 1 aromatic carbocycles. The zero-order valence-electron chi connectivity index (χ0n) is 17.2. The van der Waals surface area contributed by atoms with Gasteiger partial charge in [-0.3, -0.25) is 9.59 Å². The second-order valence-corrected chi connectivity index (χ2v) is 8.20. The first-order chi connectivity index (χ1) is 15.1. The van der Waals surface area contributed by atoms with E-state index in [1.807, 2.05) is 24.3 Å². The van der Waals surface area contributed by atoms with Crippen molar-refractivity contribution in [2.45, 2.75) is 50.6 Å². The van der Waals surface area contributed by atoms with Gasteiger partial charge in [-0.2, -0.15) is 0 Å². The minimum absolute atomic E-state index is 0.0251. The molecule has 0 aliphatic rings. The van der Waals surface area contributed by atoms with Crippen molar-refractivity contribution < 1.29 is 39.3 Å². The molecule has 0 bridgehead atoms. The van der Waals surface area contributed by atoms with Crippen LogP contribution in [0.15, 0.2) is 24.3 Å². The van der Waals surface area contributed by atoms with Crippen molar-refractivity contribution in [1.82, 2.24) is 16.0 Å². The maximum Gasteiger partial charge on any atom is 0.326 e. The van der Waals surface area contributed by atoms with E-state index in [9.17, 15) is 29.1 Å². The third-order valence-electron chi connectivity index (χ3n) is 4.40. The Morgan fingerprint density at radius 3 is 1.94 bits per heavy atom. The lowest BCUT2D eigenvalue weighted by molar-refractivity contribution is -0.140. The van der Waals surface area contributed by atoms with Crippen LogP contribution in [0, 0.1) is 3.57 Å². The highest BCUT2D eigenvalue weighted by Crippen LogP contribution is 2.07. The predicted octanol–water partition coefficient (Wildman–Crippen LogP) is 1.19. The number of amides is 3. The van der Waals surface area contributed by atoms with Gasteiger partial charge >= 0.3 is 23.9 Å². The van der Waals surface area contributed by atoms with Gasteiger partial charge in [0.1, 0.15) is 12.1 Å². The maximum absolute atomic E-state index is 12.0. The molecule has 3 amide bonds. The Labute approximate surface area is 198 Å². The normalized spacial score (nSPS) is 12.3. The van der Waals surface area contributed by atoms with Gasteiger partial charge in [-0.1, -0.05) is 12.1 Å². The molecule has 0 fully saturated rings. The highest BCUT2D eigenvalue weighted by atomic mass is 127. The van der Waals surface area contributed by atoms with Gasteiger partial charge in [-0.15, -0.1) is 0 Å². The van der Waals surface area contributed by atoms with Crippen molar-refractivity contribution in [3.8, 4) is 0 Å². The fourth-order valence-corrected chi connectivity index (χ4v) is 3.05. The number of halogens is 1. The van der Waals surface area contributed by atoms with Crippen LogP contribution in [-0.4, -0.2) is 63.8 Å². The second kappa shape index (κ2) is 14.2. The maximum atomic E-state index is 12.0. The average molecular weight is 563 g/mol. The fraction of sp³-hybridized carbons (Fsp3) is 0.450. The van der Waals surface area contributed by atoms with Crippen LogP contribution < -0.4 is 16.0 Å². The van der Waals surface area contributed by atoms with Crippen molar-refractivity contribution in [3.63, 3.8) is 0 Å². The lowest BCUT2D eigenvalue weighted by Crippen LogP contribution is -2.51. The summed E-state index contributed by atoms with van der Waals surface area (Å²) in [5.41, 5.74) is 1.05. The smallest absolute Gasteiger partial charge is 0.326 e. The van der Waals surface area contributed by atoms with E-state index in [4.69, 9.17) is 10.2 Å². The number of hydrogen-bond acceptors (Lipinski definition) is 5. The molecule has 32 heavy (non-hydrogen) atoms. The van der Waals surface area contributed by atoms with Gasteiger partial charge in [0.2, 0.25) is 5.91 Å². The van der Waals surface area contributed by atoms with Crippen LogP contribution >= 0.6 is 22.6 Å². The molecule has 0 saturated carbocycles. The summed E-state index contributed by atoms with van der Waals surface area (Å²) in [6.07, 6.45) is -0.0828. The molecule has 2 atom stereocenters. The standard InChI is InChI=1S/C20H26IN3O8/c21-13-6-4-12(5-7-13)10-11-22-16(25)9-8-15(19(30)31)24-20(32)23-14(18(28)29)2-1-3-17(26)27/h4-7,14-15H,1-3,8-11H2,(H,22,25)(H,26,27)(H,28,29)(H,30,31)(H2,23,24,32)/t14-,15-/m0/s1. The van der Waals surface area contributed by atoms with Crippen LogP contribution in [0.2, 0.25) is 0 Å². The number of urea groups is 1. The van der Waals surface area contributed by atoms with E-state index in [2.05, 4.69) is 38.5 Å². The number of carbonyl (C=O) groups is 5. The Kier molecular flexibility index (Phi) is 12.1. The van der Waals surface area contributed by atoms with E-state index < -0.39 is 36.0 Å². The molecule has 1 rings (SSSR count). The molecule has 11 nitrogen and oxygen atoms in total. The highest BCUT2D eigenvalue weighted by molar-refractivity contribution is 14.1. The monoisotopic (exact) mass is 563 g/mol. The quantitative estimate of drug-likeness (QED) is 0.183. The fourth-order valence-electron chi connectivity index (χ4n) is 2.69. The summed E-state index contributed by atoms with van der Waals surface area (Å²) in [5, 5.41) is 33.9. The molecule has 0 aliphatic carbocycles. The minimum atomic E-state index is -1.40. The minimum Gasteiger partial charge on any atom is -0.481 e. The molecule has 0 aromatic heterocycles. The molecule has 1 aromatic rings. The molecular weight excluding hydrogens is 537 g/mol. The molecule has 12 heteroatoms. The van der Waals surface area contributed by atoms with Gasteiger partial charge in [0.25, 0.3) is 0 Å². The molecule has 0 aliphatic heterocycles. The Morgan fingerprint density at radius 2 is 1.41 bits per heavy atom. The zero-order chi connectivity index (χ0) is 24.1. The number of aliphatic carboxylic acids is 3. The number of nitrogens with one attached hydrogen (secondary N) is 3. The summed E-state index contributed by atoms with van der Waals surface area (Å²) < 4.78 is 1.10. The summed E-state index contributed by atoms with van der Waals surface area (Å²) in [6.45, 7) is 0.377. The van der Waals surface area contributed by atoms with Crippen LogP contribution in [0.4, 0.5) is 4.79 Å². The number of carbonyl (C=O) groups excluding carboxylic acids is 2. The van der Waals surface area contributed by atoms with Crippen molar-refractivity contribution in [2.24, 2.45) is 0 Å². The van der Waals surface area contributed by atoms with Crippen LogP contribution in [0.1, 0.15) is 37.7 Å². The van der Waals surface area contributed by atoms with Crippen LogP contribution in [-0.2, 0) is 25.6 Å². The Hall–Kier alpha value is -2.90. The molecule has 176 valence electrons. The van der Waals surface area contributed by atoms with Crippen molar-refractivity contribution in [1.29, 1.82) is 0 Å². The first kappa shape index (κ1) is 27.1. The third kappa shape index (κ3) is 11.5. The van der Waals surface area contributed by atoms with Gasteiger partial charge in [0.15, 0.2) is 0 Å². The summed E-state index contributed by atoms with van der Waals surface area (Å²) in [4.78, 5) is 57.1. The van der Waals surface area contributed by atoms with Crippen molar-refractivity contribution in [2.75, 3.05) is 6.54 Å². The zero-order valence-corrected chi connectivity index (χ0v) is 19.3.